The number of aliphatic hydroxyl groups excluding tert-OH is 1. The number of aliphatic hydroxyl groups is 1. The van der Waals surface area contributed by atoms with Crippen LogP contribution < -0.4 is 4.74 Å². The lowest BCUT2D eigenvalue weighted by molar-refractivity contribution is 0.279. The van der Waals surface area contributed by atoms with Crippen LogP contribution in [-0.4, -0.2) is 31.5 Å². The van der Waals surface area contributed by atoms with Crippen molar-refractivity contribution in [1.29, 1.82) is 0 Å². The molecule has 0 atom stereocenters. The maximum atomic E-state index is 9.33. The molecule has 0 unspecified atom stereocenters. The van der Waals surface area contributed by atoms with Crippen molar-refractivity contribution in [2.45, 2.75) is 32.9 Å². The Balaban J connectivity index is 1.83. The predicted molar refractivity (Wildman–Crippen MR) is 92.1 cm³/mol. The Morgan fingerprint density at radius 2 is 2.25 bits per heavy atom. The van der Waals surface area contributed by atoms with Gasteiger partial charge in [0.2, 0.25) is 0 Å². The molecule has 3 aromatic rings. The van der Waals surface area contributed by atoms with Gasteiger partial charge in [-0.05, 0) is 31.5 Å². The molecular formula is C17H18N4O2S. The van der Waals surface area contributed by atoms with Gasteiger partial charge in [0.25, 0.3) is 0 Å². The number of hydrogen-bond donors (Lipinski definition) is 1. The van der Waals surface area contributed by atoms with Gasteiger partial charge in [-0.1, -0.05) is 6.07 Å². The van der Waals surface area contributed by atoms with E-state index in [1.54, 1.807) is 17.7 Å². The molecule has 6 nitrogen and oxygen atoms in total. The molecule has 1 N–H and O–H groups in total. The van der Waals surface area contributed by atoms with Gasteiger partial charge in [-0.25, -0.2) is 14.6 Å². The van der Waals surface area contributed by atoms with E-state index in [0.29, 0.717) is 6.61 Å². The van der Waals surface area contributed by atoms with Crippen LogP contribution in [-0.2, 0) is 13.0 Å². The molecule has 0 saturated carbocycles. The molecule has 0 radical (unpaired) electrons. The van der Waals surface area contributed by atoms with Gasteiger partial charge in [-0.15, -0.1) is 11.3 Å². The van der Waals surface area contributed by atoms with Gasteiger partial charge in [-0.3, -0.25) is 0 Å². The lowest BCUT2D eigenvalue weighted by Crippen LogP contribution is -2.04. The lowest BCUT2D eigenvalue weighted by atomic mass is 10.1. The summed E-state index contributed by atoms with van der Waals surface area (Å²) in [4.78, 5) is 10.4. The summed E-state index contributed by atoms with van der Waals surface area (Å²) >= 11 is 1.65. The molecule has 7 heteroatoms. The number of nitrogens with zero attached hydrogens (tertiary/aromatic N) is 4. The zero-order valence-electron chi connectivity index (χ0n) is 13.6. The topological polar surface area (TPSA) is 73.1 Å². The minimum Gasteiger partial charge on any atom is -0.492 e. The molecule has 0 fully saturated rings. The van der Waals surface area contributed by atoms with Gasteiger partial charge < -0.3 is 9.84 Å². The third-order valence-corrected chi connectivity index (χ3v) is 5.13. The second-order valence-electron chi connectivity index (χ2n) is 6.00. The van der Waals surface area contributed by atoms with E-state index < -0.39 is 0 Å². The van der Waals surface area contributed by atoms with Gasteiger partial charge >= 0.3 is 0 Å². The van der Waals surface area contributed by atoms with Crippen LogP contribution in [0, 0.1) is 0 Å². The van der Waals surface area contributed by atoms with Crippen LogP contribution in [0.2, 0.25) is 0 Å². The van der Waals surface area contributed by atoms with Crippen molar-refractivity contribution >= 4 is 11.3 Å². The summed E-state index contributed by atoms with van der Waals surface area (Å²) in [6, 6.07) is 6.00. The number of aromatic nitrogens is 4. The molecule has 0 spiro atoms. The van der Waals surface area contributed by atoms with Crippen molar-refractivity contribution < 1.29 is 9.84 Å². The molecule has 1 aromatic carbocycles. The second-order valence-corrected chi connectivity index (χ2v) is 7.08. The van der Waals surface area contributed by atoms with Gasteiger partial charge in [-0.2, -0.15) is 5.10 Å². The Labute approximate surface area is 143 Å². The molecule has 24 heavy (non-hydrogen) atoms. The monoisotopic (exact) mass is 342 g/mol. The van der Waals surface area contributed by atoms with E-state index >= 15 is 0 Å². The number of fused-ring (bicyclic) bond motifs is 3. The summed E-state index contributed by atoms with van der Waals surface area (Å²) in [5.41, 5.74) is 2.76. The first-order valence-electron chi connectivity index (χ1n) is 7.94. The van der Waals surface area contributed by atoms with Crippen molar-refractivity contribution in [3.63, 3.8) is 0 Å². The summed E-state index contributed by atoms with van der Waals surface area (Å²) in [7, 11) is 0. The highest BCUT2D eigenvalue weighted by Gasteiger charge is 2.23. The van der Waals surface area contributed by atoms with Gasteiger partial charge in [0.05, 0.1) is 18.9 Å². The molecule has 0 amide bonds. The van der Waals surface area contributed by atoms with Crippen LogP contribution in [0.25, 0.3) is 22.1 Å². The SMILES string of the molecule is CC(C)n1ncnc1-c1nc2c(s1)CCOc1cc(CO)ccc1-2. The Morgan fingerprint density at radius 1 is 1.38 bits per heavy atom. The molecule has 124 valence electrons. The van der Waals surface area contributed by atoms with Crippen LogP contribution >= 0.6 is 11.3 Å². The molecule has 1 aliphatic heterocycles. The number of hydrogen-bond acceptors (Lipinski definition) is 6. The van der Waals surface area contributed by atoms with Gasteiger partial charge in [0.15, 0.2) is 10.8 Å². The minimum atomic E-state index is 0.00328. The van der Waals surface area contributed by atoms with Gasteiger partial charge in [0.1, 0.15) is 12.1 Å². The Kier molecular flexibility index (Phi) is 3.82. The fourth-order valence-electron chi connectivity index (χ4n) is 2.84. The number of ether oxygens (including phenoxy) is 1. The third-order valence-electron chi connectivity index (χ3n) is 4.02. The average Bonchev–Trinajstić information content (AvgIpc) is 3.18. The first-order valence-corrected chi connectivity index (χ1v) is 8.75. The molecule has 0 aliphatic carbocycles. The smallest absolute Gasteiger partial charge is 0.187 e. The molecule has 2 aromatic heterocycles. The molecule has 3 heterocycles. The summed E-state index contributed by atoms with van der Waals surface area (Å²) in [6.07, 6.45) is 2.39. The maximum absolute atomic E-state index is 9.33. The average molecular weight is 342 g/mol. The number of rotatable bonds is 3. The van der Waals surface area contributed by atoms with Crippen LogP contribution in [0.1, 0.15) is 30.3 Å². The van der Waals surface area contributed by atoms with Crippen molar-refractivity contribution in [1.82, 2.24) is 19.7 Å². The molecule has 0 bridgehead atoms. The normalized spacial score (nSPS) is 13.3. The third kappa shape index (κ3) is 2.50. The van der Waals surface area contributed by atoms with E-state index in [1.807, 2.05) is 22.9 Å². The first-order chi connectivity index (χ1) is 11.7. The van der Waals surface area contributed by atoms with E-state index in [9.17, 15) is 5.11 Å². The van der Waals surface area contributed by atoms with E-state index in [0.717, 1.165) is 39.8 Å². The highest BCUT2D eigenvalue weighted by molar-refractivity contribution is 7.15. The van der Waals surface area contributed by atoms with E-state index in [-0.39, 0.29) is 12.6 Å². The summed E-state index contributed by atoms with van der Waals surface area (Å²) in [6.45, 7) is 4.77. The zero-order chi connectivity index (χ0) is 16.7. The fraction of sp³-hybridized carbons (Fsp3) is 0.353. The van der Waals surface area contributed by atoms with Crippen LogP contribution in [0.15, 0.2) is 24.5 Å². The Morgan fingerprint density at radius 3 is 3.04 bits per heavy atom. The van der Waals surface area contributed by atoms with Crippen molar-refractivity contribution in [2.24, 2.45) is 0 Å². The predicted octanol–water partition coefficient (Wildman–Crippen LogP) is 3.08. The van der Waals surface area contributed by atoms with Crippen molar-refractivity contribution in [3.05, 3.63) is 35.0 Å². The van der Waals surface area contributed by atoms with Crippen LogP contribution in [0.3, 0.4) is 0 Å². The quantitative estimate of drug-likeness (QED) is 0.792. The number of thiazole rings is 1. The largest absolute Gasteiger partial charge is 0.492 e. The molecule has 0 saturated heterocycles. The molecular weight excluding hydrogens is 324 g/mol. The second kappa shape index (κ2) is 5.99. The zero-order valence-corrected chi connectivity index (χ0v) is 14.4. The van der Waals surface area contributed by atoms with E-state index in [4.69, 9.17) is 9.72 Å². The summed E-state index contributed by atoms with van der Waals surface area (Å²) in [5, 5.41) is 14.5. The molecule has 4 rings (SSSR count). The fourth-order valence-corrected chi connectivity index (χ4v) is 3.89. The summed E-state index contributed by atoms with van der Waals surface area (Å²) in [5.74, 6) is 1.58. The van der Waals surface area contributed by atoms with E-state index in [2.05, 4.69) is 23.9 Å². The summed E-state index contributed by atoms with van der Waals surface area (Å²) < 4.78 is 7.74. The Hall–Kier alpha value is -2.25. The molecule has 1 aliphatic rings. The van der Waals surface area contributed by atoms with Gasteiger partial charge in [0, 0.05) is 22.9 Å². The van der Waals surface area contributed by atoms with Crippen LogP contribution in [0.4, 0.5) is 0 Å². The number of benzene rings is 1. The maximum Gasteiger partial charge on any atom is 0.187 e. The van der Waals surface area contributed by atoms with Crippen LogP contribution in [0.5, 0.6) is 5.75 Å². The Bertz CT molecular complexity index is 885. The lowest BCUT2D eigenvalue weighted by Gasteiger charge is -2.09. The highest BCUT2D eigenvalue weighted by atomic mass is 32.1. The first kappa shape index (κ1) is 15.3. The van der Waals surface area contributed by atoms with E-state index in [1.165, 1.54) is 4.88 Å². The standard InChI is InChI=1S/C17H18N4O2S/c1-10(2)21-16(18-9-19-21)17-20-15-12-4-3-11(8-22)7-13(12)23-6-5-14(15)24-17/h3-4,7,9-10,22H,5-6,8H2,1-2H3. The minimum absolute atomic E-state index is 0.00328. The highest BCUT2D eigenvalue weighted by Crippen LogP contribution is 2.40. The van der Waals surface area contributed by atoms with Crippen molar-refractivity contribution in [2.75, 3.05) is 6.61 Å². The van der Waals surface area contributed by atoms with Crippen molar-refractivity contribution in [3.8, 4) is 27.8 Å².